The van der Waals surface area contributed by atoms with Crippen LogP contribution in [0.2, 0.25) is 0 Å². The quantitative estimate of drug-likeness (QED) is 0.742. The third-order valence-electron chi connectivity index (χ3n) is 3.51. The molecule has 138 valence electrons. The summed E-state index contributed by atoms with van der Waals surface area (Å²) in [5.41, 5.74) is 1.48. The Morgan fingerprint density at radius 3 is 2.62 bits per heavy atom. The molecule has 0 aliphatic rings. The number of amides is 2. The van der Waals surface area contributed by atoms with Crippen LogP contribution in [0.15, 0.2) is 41.0 Å². The third-order valence-corrected chi connectivity index (χ3v) is 3.51. The molecule has 2 amide bonds. The molecule has 7 nitrogen and oxygen atoms in total. The first-order chi connectivity index (χ1) is 12.4. The highest BCUT2D eigenvalue weighted by atomic mass is 16.5. The minimum absolute atomic E-state index is 0.166. The van der Waals surface area contributed by atoms with E-state index in [1.807, 2.05) is 13.8 Å². The Bertz CT molecular complexity index is 781. The Morgan fingerprint density at radius 2 is 1.96 bits per heavy atom. The second kappa shape index (κ2) is 8.84. The number of ether oxygens (including phenoxy) is 1. The molecular formula is C19H22N2O5. The van der Waals surface area contributed by atoms with Crippen molar-refractivity contribution in [2.45, 2.75) is 20.8 Å². The van der Waals surface area contributed by atoms with E-state index in [0.29, 0.717) is 18.2 Å². The van der Waals surface area contributed by atoms with E-state index in [1.165, 1.54) is 12.3 Å². The summed E-state index contributed by atoms with van der Waals surface area (Å²) in [6.45, 7) is 5.90. The van der Waals surface area contributed by atoms with Gasteiger partial charge in [0.05, 0.1) is 11.8 Å². The largest absolute Gasteiger partial charge is 0.459 e. The fourth-order valence-corrected chi connectivity index (χ4v) is 2.06. The summed E-state index contributed by atoms with van der Waals surface area (Å²) in [7, 11) is 0. The number of benzene rings is 1. The SMILES string of the molecule is Cc1ccc(C(=O)OCC(=O)NCC(C)C)cc1NC(=O)c1ccco1. The first kappa shape index (κ1) is 19.2. The first-order valence-electron chi connectivity index (χ1n) is 8.26. The molecule has 0 saturated carbocycles. The number of rotatable bonds is 7. The van der Waals surface area contributed by atoms with Gasteiger partial charge in [-0.05, 0) is 42.7 Å². The van der Waals surface area contributed by atoms with Crippen LogP contribution < -0.4 is 10.6 Å². The van der Waals surface area contributed by atoms with E-state index in [4.69, 9.17) is 9.15 Å². The second-order valence-corrected chi connectivity index (χ2v) is 6.24. The van der Waals surface area contributed by atoms with Gasteiger partial charge in [-0.3, -0.25) is 9.59 Å². The highest BCUT2D eigenvalue weighted by Crippen LogP contribution is 2.19. The van der Waals surface area contributed by atoms with E-state index in [9.17, 15) is 14.4 Å². The van der Waals surface area contributed by atoms with Crippen molar-refractivity contribution in [3.63, 3.8) is 0 Å². The summed E-state index contributed by atoms with van der Waals surface area (Å²) in [5, 5.41) is 5.35. The smallest absolute Gasteiger partial charge is 0.338 e. The molecule has 0 unspecified atom stereocenters. The van der Waals surface area contributed by atoms with Crippen molar-refractivity contribution in [3.05, 3.63) is 53.5 Å². The lowest BCUT2D eigenvalue weighted by atomic mass is 10.1. The van der Waals surface area contributed by atoms with Gasteiger partial charge in [0.25, 0.3) is 11.8 Å². The molecule has 0 bridgehead atoms. The molecule has 0 spiro atoms. The number of hydrogen-bond acceptors (Lipinski definition) is 5. The van der Waals surface area contributed by atoms with Gasteiger partial charge in [0.15, 0.2) is 12.4 Å². The van der Waals surface area contributed by atoms with Gasteiger partial charge in [-0.1, -0.05) is 19.9 Å². The van der Waals surface area contributed by atoms with Crippen molar-refractivity contribution in [2.75, 3.05) is 18.5 Å². The zero-order valence-electron chi connectivity index (χ0n) is 15.0. The van der Waals surface area contributed by atoms with E-state index >= 15 is 0 Å². The lowest BCUT2D eigenvalue weighted by molar-refractivity contribution is -0.124. The summed E-state index contributed by atoms with van der Waals surface area (Å²) in [5.74, 6) is -0.938. The minimum atomic E-state index is -0.641. The average molecular weight is 358 g/mol. The molecule has 0 aliphatic carbocycles. The molecule has 1 aromatic carbocycles. The predicted octanol–water partition coefficient (Wildman–Crippen LogP) is 2.77. The Labute approximate surface area is 151 Å². The molecule has 7 heteroatoms. The molecule has 0 fully saturated rings. The van der Waals surface area contributed by atoms with Gasteiger partial charge in [-0.2, -0.15) is 0 Å². The Morgan fingerprint density at radius 1 is 1.19 bits per heavy atom. The molecule has 0 saturated heterocycles. The zero-order valence-corrected chi connectivity index (χ0v) is 15.0. The van der Waals surface area contributed by atoms with Crippen LogP contribution in [-0.2, 0) is 9.53 Å². The molecule has 0 atom stereocenters. The van der Waals surface area contributed by atoms with Crippen molar-refractivity contribution in [1.29, 1.82) is 0 Å². The number of carbonyl (C=O) groups excluding carboxylic acids is 3. The van der Waals surface area contributed by atoms with E-state index in [-0.39, 0.29) is 23.8 Å². The van der Waals surface area contributed by atoms with Gasteiger partial charge in [0.1, 0.15) is 0 Å². The van der Waals surface area contributed by atoms with Crippen molar-refractivity contribution in [1.82, 2.24) is 5.32 Å². The van der Waals surface area contributed by atoms with Crippen LogP contribution in [0.4, 0.5) is 5.69 Å². The predicted molar refractivity (Wildman–Crippen MR) is 96.0 cm³/mol. The lowest BCUT2D eigenvalue weighted by Crippen LogP contribution is -2.31. The Balaban J connectivity index is 1.98. The van der Waals surface area contributed by atoms with Crippen molar-refractivity contribution in [2.24, 2.45) is 5.92 Å². The van der Waals surface area contributed by atoms with Crippen LogP contribution in [0.5, 0.6) is 0 Å². The van der Waals surface area contributed by atoms with E-state index < -0.39 is 11.9 Å². The van der Waals surface area contributed by atoms with Crippen LogP contribution in [0.1, 0.15) is 40.3 Å². The minimum Gasteiger partial charge on any atom is -0.459 e. The third kappa shape index (κ3) is 5.47. The highest BCUT2D eigenvalue weighted by Gasteiger charge is 2.15. The number of nitrogens with one attached hydrogen (secondary N) is 2. The van der Waals surface area contributed by atoms with E-state index in [2.05, 4.69) is 10.6 Å². The fraction of sp³-hybridized carbons (Fsp3) is 0.316. The van der Waals surface area contributed by atoms with Crippen LogP contribution in [-0.4, -0.2) is 30.9 Å². The van der Waals surface area contributed by atoms with Crippen molar-refractivity contribution < 1.29 is 23.5 Å². The number of esters is 1. The van der Waals surface area contributed by atoms with E-state index in [1.54, 1.807) is 31.2 Å². The lowest BCUT2D eigenvalue weighted by Gasteiger charge is -2.11. The fourth-order valence-electron chi connectivity index (χ4n) is 2.06. The van der Waals surface area contributed by atoms with Crippen LogP contribution in [0.3, 0.4) is 0 Å². The number of aryl methyl sites for hydroxylation is 1. The molecule has 2 aromatic rings. The Hall–Kier alpha value is -3.09. The van der Waals surface area contributed by atoms with Gasteiger partial charge >= 0.3 is 5.97 Å². The number of furan rings is 1. The average Bonchev–Trinajstić information content (AvgIpc) is 3.14. The first-order valence-corrected chi connectivity index (χ1v) is 8.26. The maximum atomic E-state index is 12.1. The second-order valence-electron chi connectivity index (χ2n) is 6.24. The highest BCUT2D eigenvalue weighted by molar-refractivity contribution is 6.03. The van der Waals surface area contributed by atoms with Crippen LogP contribution >= 0.6 is 0 Å². The molecule has 2 N–H and O–H groups in total. The summed E-state index contributed by atoms with van der Waals surface area (Å²) in [6.07, 6.45) is 1.40. The molecule has 2 rings (SSSR count). The monoisotopic (exact) mass is 358 g/mol. The normalized spacial score (nSPS) is 10.5. The maximum absolute atomic E-state index is 12.1. The van der Waals surface area contributed by atoms with E-state index in [0.717, 1.165) is 5.56 Å². The Kier molecular flexibility index (Phi) is 6.54. The topological polar surface area (TPSA) is 97.6 Å². The maximum Gasteiger partial charge on any atom is 0.338 e. The summed E-state index contributed by atoms with van der Waals surface area (Å²) in [4.78, 5) is 35.8. The van der Waals surface area contributed by atoms with Gasteiger partial charge in [0, 0.05) is 12.2 Å². The molecular weight excluding hydrogens is 336 g/mol. The molecule has 1 heterocycles. The number of anilines is 1. The summed E-state index contributed by atoms with van der Waals surface area (Å²) < 4.78 is 10.1. The van der Waals surface area contributed by atoms with Crippen LogP contribution in [0.25, 0.3) is 0 Å². The number of hydrogen-bond donors (Lipinski definition) is 2. The zero-order chi connectivity index (χ0) is 19.1. The van der Waals surface area contributed by atoms with Gasteiger partial charge < -0.3 is 19.8 Å². The molecule has 0 radical (unpaired) electrons. The van der Waals surface area contributed by atoms with Crippen LogP contribution in [0, 0.1) is 12.8 Å². The molecule has 26 heavy (non-hydrogen) atoms. The van der Waals surface area contributed by atoms with Crippen molar-refractivity contribution in [3.8, 4) is 0 Å². The van der Waals surface area contributed by atoms with Crippen molar-refractivity contribution >= 4 is 23.5 Å². The number of carbonyl (C=O) groups is 3. The van der Waals surface area contributed by atoms with Gasteiger partial charge in [-0.25, -0.2) is 4.79 Å². The summed E-state index contributed by atoms with van der Waals surface area (Å²) >= 11 is 0. The molecule has 1 aromatic heterocycles. The van der Waals surface area contributed by atoms with Gasteiger partial charge in [0.2, 0.25) is 0 Å². The molecule has 0 aliphatic heterocycles. The summed E-state index contributed by atoms with van der Waals surface area (Å²) in [6, 6.07) is 7.92. The van der Waals surface area contributed by atoms with Gasteiger partial charge in [-0.15, -0.1) is 0 Å². The standard InChI is InChI=1S/C19H22N2O5/c1-12(2)10-20-17(22)11-26-19(24)14-7-6-13(3)15(9-14)21-18(23)16-5-4-8-25-16/h4-9,12H,10-11H2,1-3H3,(H,20,22)(H,21,23).